The van der Waals surface area contributed by atoms with Gasteiger partial charge in [0.15, 0.2) is 0 Å². The van der Waals surface area contributed by atoms with E-state index in [4.69, 9.17) is 4.74 Å². The highest BCUT2D eigenvalue weighted by Gasteiger charge is 2.34. The Morgan fingerprint density at radius 3 is 2.88 bits per heavy atom. The van der Waals surface area contributed by atoms with Gasteiger partial charge in [-0.25, -0.2) is 4.68 Å². The molecule has 0 bridgehead atoms. The maximum atomic E-state index is 12.3. The Kier molecular flexibility index (Phi) is 4.91. The molecule has 0 saturated carbocycles. The Labute approximate surface area is 140 Å². The number of carbonyl (C=O) groups excluding carboxylic acids is 1. The molecule has 2 atom stereocenters. The van der Waals surface area contributed by atoms with Crippen LogP contribution in [0.5, 0.6) is 0 Å². The molecule has 9 heteroatoms. The monoisotopic (exact) mass is 333 g/mol. The SMILES string of the molecule is CCN1CCO[C@@H](CNC(=O)c2cnnn2C)[C@@H]1c1ccnn1C. The zero-order chi connectivity index (χ0) is 17.1. The van der Waals surface area contributed by atoms with Crippen molar-refractivity contribution in [3.63, 3.8) is 0 Å². The minimum Gasteiger partial charge on any atom is -0.373 e. The second-order valence-electron chi connectivity index (χ2n) is 5.82. The average molecular weight is 333 g/mol. The molecule has 1 saturated heterocycles. The summed E-state index contributed by atoms with van der Waals surface area (Å²) in [5.41, 5.74) is 1.51. The lowest BCUT2D eigenvalue weighted by Crippen LogP contribution is -2.50. The van der Waals surface area contributed by atoms with Gasteiger partial charge in [0.05, 0.1) is 30.6 Å². The molecule has 1 fully saturated rings. The summed E-state index contributed by atoms with van der Waals surface area (Å²) < 4.78 is 9.28. The molecule has 0 spiro atoms. The van der Waals surface area contributed by atoms with Gasteiger partial charge < -0.3 is 10.1 Å². The molecule has 1 N–H and O–H groups in total. The Morgan fingerprint density at radius 2 is 2.25 bits per heavy atom. The van der Waals surface area contributed by atoms with Gasteiger partial charge in [-0.15, -0.1) is 5.10 Å². The zero-order valence-electron chi connectivity index (χ0n) is 14.2. The molecule has 3 heterocycles. The molecule has 0 radical (unpaired) electrons. The lowest BCUT2D eigenvalue weighted by molar-refractivity contribution is -0.0709. The molecule has 2 aromatic rings. The molecule has 2 aromatic heterocycles. The minimum absolute atomic E-state index is 0.0567. The fraction of sp³-hybridized carbons (Fsp3) is 0.600. The van der Waals surface area contributed by atoms with Gasteiger partial charge in [-0.3, -0.25) is 14.4 Å². The number of rotatable bonds is 5. The Balaban J connectivity index is 1.73. The first kappa shape index (κ1) is 16.6. The maximum absolute atomic E-state index is 12.3. The van der Waals surface area contributed by atoms with Gasteiger partial charge in [-0.2, -0.15) is 5.10 Å². The van der Waals surface area contributed by atoms with Crippen LogP contribution in [0.2, 0.25) is 0 Å². The third kappa shape index (κ3) is 3.17. The van der Waals surface area contributed by atoms with Gasteiger partial charge in [0.1, 0.15) is 5.69 Å². The van der Waals surface area contributed by atoms with Gasteiger partial charge in [0.2, 0.25) is 0 Å². The molecule has 130 valence electrons. The van der Waals surface area contributed by atoms with Gasteiger partial charge in [0, 0.05) is 33.4 Å². The van der Waals surface area contributed by atoms with Crippen LogP contribution >= 0.6 is 0 Å². The van der Waals surface area contributed by atoms with Crippen molar-refractivity contribution in [2.45, 2.75) is 19.1 Å². The third-order valence-electron chi connectivity index (χ3n) is 4.43. The number of likely N-dealkylation sites (N-methyl/N-ethyl adjacent to an activating group) is 1. The molecule has 9 nitrogen and oxygen atoms in total. The Hall–Kier alpha value is -2.26. The summed E-state index contributed by atoms with van der Waals surface area (Å²) in [7, 11) is 3.62. The second kappa shape index (κ2) is 7.10. The van der Waals surface area contributed by atoms with Crippen molar-refractivity contribution in [2.24, 2.45) is 14.1 Å². The molecule has 24 heavy (non-hydrogen) atoms. The highest BCUT2D eigenvalue weighted by Crippen LogP contribution is 2.28. The quantitative estimate of drug-likeness (QED) is 0.811. The molecule has 1 aliphatic rings. The van der Waals surface area contributed by atoms with Crippen molar-refractivity contribution in [1.29, 1.82) is 0 Å². The topological polar surface area (TPSA) is 90.1 Å². The van der Waals surface area contributed by atoms with Crippen LogP contribution in [0, 0.1) is 0 Å². The predicted molar refractivity (Wildman–Crippen MR) is 86.3 cm³/mol. The first-order valence-electron chi connectivity index (χ1n) is 8.08. The molecule has 0 aliphatic carbocycles. The fourth-order valence-electron chi connectivity index (χ4n) is 3.14. The zero-order valence-corrected chi connectivity index (χ0v) is 14.2. The van der Waals surface area contributed by atoms with E-state index in [1.807, 2.05) is 17.8 Å². The highest BCUT2D eigenvalue weighted by molar-refractivity contribution is 5.92. The van der Waals surface area contributed by atoms with E-state index in [0.29, 0.717) is 18.8 Å². The fourth-order valence-corrected chi connectivity index (χ4v) is 3.14. The van der Waals surface area contributed by atoms with Gasteiger partial charge in [-0.05, 0) is 12.6 Å². The van der Waals surface area contributed by atoms with Crippen LogP contribution in [-0.2, 0) is 18.8 Å². The summed E-state index contributed by atoms with van der Waals surface area (Å²) in [5.74, 6) is -0.205. The summed E-state index contributed by atoms with van der Waals surface area (Å²) in [4.78, 5) is 14.6. The van der Waals surface area contributed by atoms with E-state index in [9.17, 15) is 4.79 Å². The molecule has 1 aliphatic heterocycles. The van der Waals surface area contributed by atoms with Crippen molar-refractivity contribution in [2.75, 3.05) is 26.2 Å². The number of aromatic nitrogens is 5. The molecular weight excluding hydrogens is 310 g/mol. The van der Waals surface area contributed by atoms with Crippen molar-refractivity contribution in [3.05, 3.63) is 29.8 Å². The van der Waals surface area contributed by atoms with Crippen LogP contribution < -0.4 is 5.32 Å². The van der Waals surface area contributed by atoms with Crippen LogP contribution in [0.3, 0.4) is 0 Å². The van der Waals surface area contributed by atoms with Gasteiger partial charge in [-0.1, -0.05) is 12.1 Å². The van der Waals surface area contributed by atoms with Crippen molar-refractivity contribution in [1.82, 2.24) is 35.0 Å². The summed E-state index contributed by atoms with van der Waals surface area (Å²) in [6.07, 6.45) is 3.10. The number of nitrogens with zero attached hydrogens (tertiary/aromatic N) is 6. The lowest BCUT2D eigenvalue weighted by Gasteiger charge is -2.40. The number of nitrogens with one attached hydrogen (secondary N) is 1. The third-order valence-corrected chi connectivity index (χ3v) is 4.43. The van der Waals surface area contributed by atoms with Gasteiger partial charge >= 0.3 is 0 Å². The number of carbonyl (C=O) groups is 1. The van der Waals surface area contributed by atoms with Crippen molar-refractivity contribution < 1.29 is 9.53 Å². The van der Waals surface area contributed by atoms with Crippen LogP contribution in [0.15, 0.2) is 18.5 Å². The van der Waals surface area contributed by atoms with E-state index < -0.39 is 0 Å². The van der Waals surface area contributed by atoms with Crippen LogP contribution in [0.25, 0.3) is 0 Å². The van der Waals surface area contributed by atoms with Crippen LogP contribution in [0.1, 0.15) is 29.1 Å². The van der Waals surface area contributed by atoms with Gasteiger partial charge in [0.25, 0.3) is 5.91 Å². The number of aryl methyl sites for hydroxylation is 2. The van der Waals surface area contributed by atoms with E-state index in [-0.39, 0.29) is 18.1 Å². The Morgan fingerprint density at radius 1 is 1.42 bits per heavy atom. The molecule has 0 aromatic carbocycles. The van der Waals surface area contributed by atoms with Crippen LogP contribution in [-0.4, -0.2) is 67.9 Å². The summed E-state index contributed by atoms with van der Waals surface area (Å²) >= 11 is 0. The number of amides is 1. The van der Waals surface area contributed by atoms with Crippen molar-refractivity contribution >= 4 is 5.91 Å². The van der Waals surface area contributed by atoms with Crippen LogP contribution in [0.4, 0.5) is 0 Å². The second-order valence-corrected chi connectivity index (χ2v) is 5.82. The molecule has 1 amide bonds. The van der Waals surface area contributed by atoms with E-state index in [1.54, 1.807) is 13.2 Å². The largest absolute Gasteiger partial charge is 0.373 e. The molecular formula is C15H23N7O2. The van der Waals surface area contributed by atoms with E-state index in [2.05, 4.69) is 32.6 Å². The standard InChI is InChI=1S/C15H23N7O2/c1-4-22-7-8-24-13(14(22)11-5-6-18-20(11)2)10-16-15(23)12-9-17-19-21(12)3/h5-6,9,13-14H,4,7-8,10H2,1-3H3,(H,16,23)/t13-,14-/m0/s1. The number of morpholine rings is 1. The number of hydrogen-bond donors (Lipinski definition) is 1. The van der Waals surface area contributed by atoms with Crippen molar-refractivity contribution in [3.8, 4) is 0 Å². The maximum Gasteiger partial charge on any atom is 0.271 e. The Bertz CT molecular complexity index is 696. The van der Waals surface area contributed by atoms with E-state index in [1.165, 1.54) is 10.9 Å². The minimum atomic E-state index is -0.205. The lowest BCUT2D eigenvalue weighted by atomic mass is 10.0. The average Bonchev–Trinajstić information content (AvgIpc) is 3.20. The summed E-state index contributed by atoms with van der Waals surface area (Å²) in [5, 5.41) is 14.7. The molecule has 3 rings (SSSR count). The highest BCUT2D eigenvalue weighted by atomic mass is 16.5. The van der Waals surface area contributed by atoms with E-state index >= 15 is 0 Å². The smallest absolute Gasteiger partial charge is 0.271 e. The first-order valence-corrected chi connectivity index (χ1v) is 8.08. The summed E-state index contributed by atoms with van der Waals surface area (Å²) in [6, 6.07) is 2.06. The predicted octanol–water partition coefficient (Wildman–Crippen LogP) is -0.260. The first-order chi connectivity index (χ1) is 11.6. The molecule has 0 unspecified atom stereocenters. The normalized spacial score (nSPS) is 21.8. The number of hydrogen-bond acceptors (Lipinski definition) is 6. The van der Waals surface area contributed by atoms with E-state index in [0.717, 1.165) is 18.8 Å². The summed E-state index contributed by atoms with van der Waals surface area (Å²) in [6.45, 7) is 4.97. The number of ether oxygens (including phenoxy) is 1.